The molecule has 2 N–H and O–H groups in total. The van der Waals surface area contributed by atoms with E-state index in [1.54, 1.807) is 18.2 Å². The third-order valence-corrected chi connectivity index (χ3v) is 2.82. The zero-order chi connectivity index (χ0) is 14.5. The van der Waals surface area contributed by atoms with Crippen LogP contribution in [0.1, 0.15) is 31.1 Å². The van der Waals surface area contributed by atoms with E-state index >= 15 is 0 Å². The van der Waals surface area contributed by atoms with Gasteiger partial charge in [0.15, 0.2) is 5.78 Å². The molecule has 0 radical (unpaired) electrons. The zero-order valence-electron chi connectivity index (χ0n) is 11.2. The summed E-state index contributed by atoms with van der Waals surface area (Å²) < 4.78 is 0.832. The van der Waals surface area contributed by atoms with Crippen molar-refractivity contribution in [2.45, 2.75) is 20.8 Å². The Morgan fingerprint density at radius 3 is 2.53 bits per heavy atom. The molecule has 0 unspecified atom stereocenters. The Hall–Kier alpha value is -1.62. The average molecular weight is 325 g/mol. The van der Waals surface area contributed by atoms with Crippen molar-refractivity contribution in [1.29, 1.82) is 0 Å². The lowest BCUT2D eigenvalue weighted by molar-refractivity contribution is -0.121. The van der Waals surface area contributed by atoms with Gasteiger partial charge in [0, 0.05) is 21.7 Å². The van der Waals surface area contributed by atoms with Gasteiger partial charge in [0.2, 0.25) is 0 Å². The summed E-state index contributed by atoms with van der Waals surface area (Å²) in [5.41, 5.74) is 5.18. The summed E-state index contributed by atoms with van der Waals surface area (Å²) in [5.74, 6) is -0.286. The Labute approximate surface area is 121 Å². The second-order valence-corrected chi connectivity index (χ2v) is 5.97. The van der Waals surface area contributed by atoms with Gasteiger partial charge in [0.1, 0.15) is 0 Å². The number of ketones is 1. The van der Waals surface area contributed by atoms with E-state index in [1.165, 1.54) is 12.3 Å². The molecule has 19 heavy (non-hydrogen) atoms. The highest BCUT2D eigenvalue weighted by molar-refractivity contribution is 9.10. The molecule has 4 nitrogen and oxygen atoms in total. The summed E-state index contributed by atoms with van der Waals surface area (Å²) in [4.78, 5) is 23.3. The topological polar surface area (TPSA) is 58.2 Å². The van der Waals surface area contributed by atoms with Gasteiger partial charge in [-0.15, -0.1) is 0 Å². The summed E-state index contributed by atoms with van der Waals surface area (Å²) in [6, 6.07) is 7.02. The van der Waals surface area contributed by atoms with Gasteiger partial charge >= 0.3 is 0 Å². The first-order chi connectivity index (χ1) is 8.80. The molecule has 0 saturated carbocycles. The minimum Gasteiger partial charge on any atom is -0.306 e. The van der Waals surface area contributed by atoms with Gasteiger partial charge in [-0.2, -0.15) is 0 Å². The van der Waals surface area contributed by atoms with Gasteiger partial charge in [-0.1, -0.05) is 42.8 Å². The van der Waals surface area contributed by atoms with Gasteiger partial charge in [0.25, 0.3) is 5.91 Å². The predicted molar refractivity (Wildman–Crippen MR) is 78.3 cm³/mol. The number of hydrogen-bond donors (Lipinski definition) is 2. The van der Waals surface area contributed by atoms with Crippen molar-refractivity contribution in [2.24, 2.45) is 5.41 Å². The van der Waals surface area contributed by atoms with Crippen molar-refractivity contribution >= 4 is 27.6 Å². The van der Waals surface area contributed by atoms with Gasteiger partial charge < -0.3 is 5.43 Å². The SMILES string of the molecule is CC(C)(C)C(=O)/C=C/NNC(=O)c1cccc(Br)c1. The van der Waals surface area contributed by atoms with Crippen LogP contribution in [0, 0.1) is 5.41 Å². The fourth-order valence-corrected chi connectivity index (χ4v) is 1.58. The first kappa shape index (κ1) is 15.4. The molecule has 0 aliphatic carbocycles. The number of halogens is 1. The highest BCUT2D eigenvalue weighted by atomic mass is 79.9. The maximum absolute atomic E-state index is 11.7. The Bertz CT molecular complexity index is 504. The summed E-state index contributed by atoms with van der Waals surface area (Å²) >= 11 is 3.29. The monoisotopic (exact) mass is 324 g/mol. The van der Waals surface area contributed by atoms with Crippen LogP contribution in [0.15, 0.2) is 41.0 Å². The summed E-state index contributed by atoms with van der Waals surface area (Å²) in [7, 11) is 0. The third kappa shape index (κ3) is 5.26. The van der Waals surface area contributed by atoms with E-state index in [0.717, 1.165) is 4.47 Å². The Morgan fingerprint density at radius 2 is 1.95 bits per heavy atom. The molecule has 1 aromatic rings. The summed E-state index contributed by atoms with van der Waals surface area (Å²) in [6.07, 6.45) is 2.82. The molecule has 0 spiro atoms. The number of hydrazine groups is 1. The second kappa shape index (κ2) is 6.52. The van der Waals surface area contributed by atoms with Crippen LogP contribution in [-0.2, 0) is 4.79 Å². The van der Waals surface area contributed by atoms with E-state index in [-0.39, 0.29) is 11.7 Å². The first-order valence-corrected chi connectivity index (χ1v) is 6.62. The van der Waals surface area contributed by atoms with Crippen molar-refractivity contribution in [3.8, 4) is 0 Å². The van der Waals surface area contributed by atoms with Crippen LogP contribution < -0.4 is 10.9 Å². The van der Waals surface area contributed by atoms with Gasteiger partial charge in [-0.05, 0) is 24.3 Å². The maximum atomic E-state index is 11.7. The number of benzene rings is 1. The molecular weight excluding hydrogens is 308 g/mol. The summed E-state index contributed by atoms with van der Waals surface area (Å²) in [6.45, 7) is 5.50. The number of rotatable bonds is 4. The molecule has 0 aliphatic rings. The maximum Gasteiger partial charge on any atom is 0.269 e. The zero-order valence-corrected chi connectivity index (χ0v) is 12.7. The normalized spacial score (nSPS) is 11.4. The minimum absolute atomic E-state index is 0.0169. The molecule has 0 saturated heterocycles. The highest BCUT2D eigenvalue weighted by Gasteiger charge is 2.17. The van der Waals surface area contributed by atoms with Crippen molar-refractivity contribution in [3.63, 3.8) is 0 Å². The van der Waals surface area contributed by atoms with Crippen LogP contribution in [0.25, 0.3) is 0 Å². The van der Waals surface area contributed by atoms with Gasteiger partial charge in [0.05, 0.1) is 0 Å². The molecule has 0 fully saturated rings. The number of hydrogen-bond acceptors (Lipinski definition) is 3. The Morgan fingerprint density at radius 1 is 1.26 bits per heavy atom. The van der Waals surface area contributed by atoms with E-state index in [4.69, 9.17) is 0 Å². The quantitative estimate of drug-likeness (QED) is 0.661. The number of carbonyl (C=O) groups is 2. The fraction of sp³-hybridized carbons (Fsp3) is 0.286. The van der Waals surface area contributed by atoms with Crippen LogP contribution in [0.3, 0.4) is 0 Å². The third-order valence-electron chi connectivity index (χ3n) is 2.33. The molecule has 0 atom stereocenters. The minimum atomic E-state index is -0.424. The van der Waals surface area contributed by atoms with Crippen LogP contribution in [0.2, 0.25) is 0 Å². The lowest BCUT2D eigenvalue weighted by Gasteiger charge is -2.13. The highest BCUT2D eigenvalue weighted by Crippen LogP contribution is 2.14. The molecule has 0 aliphatic heterocycles. The second-order valence-electron chi connectivity index (χ2n) is 5.06. The van der Waals surface area contributed by atoms with E-state index in [2.05, 4.69) is 26.8 Å². The van der Waals surface area contributed by atoms with E-state index < -0.39 is 5.41 Å². The molecule has 1 aromatic carbocycles. The molecule has 0 aromatic heterocycles. The fourth-order valence-electron chi connectivity index (χ4n) is 1.18. The predicted octanol–water partition coefficient (Wildman–Crippen LogP) is 2.81. The largest absolute Gasteiger partial charge is 0.306 e. The smallest absolute Gasteiger partial charge is 0.269 e. The summed E-state index contributed by atoms with van der Waals surface area (Å²) in [5, 5.41) is 0. The van der Waals surface area contributed by atoms with Crippen LogP contribution in [0.5, 0.6) is 0 Å². The number of allylic oxidation sites excluding steroid dienone is 1. The number of carbonyl (C=O) groups excluding carboxylic acids is 2. The molecule has 0 heterocycles. The standard InChI is InChI=1S/C14H17BrN2O2/c1-14(2,3)12(18)7-8-16-17-13(19)10-5-4-6-11(15)9-10/h4-9,16H,1-3H3,(H,17,19)/b8-7+. The lowest BCUT2D eigenvalue weighted by atomic mass is 9.91. The van der Waals surface area contributed by atoms with Crippen LogP contribution in [0.4, 0.5) is 0 Å². The molecule has 0 bridgehead atoms. The van der Waals surface area contributed by atoms with Crippen molar-refractivity contribution in [2.75, 3.05) is 0 Å². The average Bonchev–Trinajstić information content (AvgIpc) is 2.32. The Balaban J connectivity index is 2.48. The molecule has 5 heteroatoms. The number of amides is 1. The van der Waals surface area contributed by atoms with Crippen LogP contribution >= 0.6 is 15.9 Å². The van der Waals surface area contributed by atoms with E-state index in [1.807, 2.05) is 26.8 Å². The number of nitrogens with one attached hydrogen (secondary N) is 2. The molecular formula is C14H17BrN2O2. The van der Waals surface area contributed by atoms with E-state index in [9.17, 15) is 9.59 Å². The van der Waals surface area contributed by atoms with Crippen LogP contribution in [-0.4, -0.2) is 11.7 Å². The molecule has 1 amide bonds. The lowest BCUT2D eigenvalue weighted by Crippen LogP contribution is -2.33. The molecule has 1 rings (SSSR count). The Kier molecular flexibility index (Phi) is 5.30. The van der Waals surface area contributed by atoms with Crippen molar-refractivity contribution < 1.29 is 9.59 Å². The van der Waals surface area contributed by atoms with Crippen molar-refractivity contribution in [3.05, 3.63) is 46.6 Å². The first-order valence-electron chi connectivity index (χ1n) is 5.83. The van der Waals surface area contributed by atoms with Crippen molar-refractivity contribution in [1.82, 2.24) is 10.9 Å². The van der Waals surface area contributed by atoms with E-state index in [0.29, 0.717) is 5.56 Å². The van der Waals surface area contributed by atoms with Gasteiger partial charge in [-0.3, -0.25) is 15.0 Å². The van der Waals surface area contributed by atoms with Gasteiger partial charge in [-0.25, -0.2) is 0 Å². The molecule has 102 valence electrons.